The number of hydrogen-bond donors (Lipinski definition) is 0. The lowest BCUT2D eigenvalue weighted by Gasteiger charge is -2.06. The molecule has 0 saturated carbocycles. The van der Waals surface area contributed by atoms with Crippen molar-refractivity contribution in [3.8, 4) is 0 Å². The van der Waals surface area contributed by atoms with Crippen molar-refractivity contribution < 1.29 is 14.3 Å². The molecule has 7 nitrogen and oxygen atoms in total. The lowest BCUT2D eigenvalue weighted by atomic mass is 10.1. The summed E-state index contributed by atoms with van der Waals surface area (Å²) < 4.78 is 7.77. The number of benzene rings is 2. The number of rotatable bonds is 4. The minimum atomic E-state index is -0.508. The van der Waals surface area contributed by atoms with E-state index >= 15 is 0 Å². The van der Waals surface area contributed by atoms with Gasteiger partial charge in [-0.2, -0.15) is 4.99 Å². The summed E-state index contributed by atoms with van der Waals surface area (Å²) >= 11 is 1.35. The molecular formula is C22H20N4O3S. The first-order valence-electron chi connectivity index (χ1n) is 9.53. The van der Waals surface area contributed by atoms with E-state index in [1.165, 1.54) is 17.5 Å². The number of carbonyl (C=O) groups is 2. The van der Waals surface area contributed by atoms with Gasteiger partial charge in [0, 0.05) is 0 Å². The van der Waals surface area contributed by atoms with Crippen LogP contribution in [-0.4, -0.2) is 33.0 Å². The van der Waals surface area contributed by atoms with Gasteiger partial charge in [0.15, 0.2) is 4.80 Å². The van der Waals surface area contributed by atoms with E-state index in [1.54, 1.807) is 17.6 Å². The fourth-order valence-corrected chi connectivity index (χ4v) is 4.21. The summed E-state index contributed by atoms with van der Waals surface area (Å²) in [6, 6.07) is 11.4. The van der Waals surface area contributed by atoms with Crippen molar-refractivity contribution in [1.29, 1.82) is 0 Å². The quantitative estimate of drug-likeness (QED) is 0.471. The molecule has 0 spiro atoms. The molecule has 8 heteroatoms. The molecule has 0 bridgehead atoms. The Morgan fingerprint density at radius 3 is 2.63 bits per heavy atom. The number of ether oxygens (including phenoxy) is 1. The number of nitrogens with zero attached hydrogens (tertiary/aromatic N) is 4. The molecule has 4 aromatic rings. The molecule has 0 aliphatic carbocycles. The van der Waals surface area contributed by atoms with Gasteiger partial charge in [-0.05, 0) is 56.2 Å². The zero-order valence-electron chi connectivity index (χ0n) is 16.9. The van der Waals surface area contributed by atoms with Crippen molar-refractivity contribution in [3.63, 3.8) is 0 Å². The van der Waals surface area contributed by atoms with Crippen molar-refractivity contribution in [1.82, 2.24) is 14.5 Å². The number of para-hydroxylation sites is 2. The van der Waals surface area contributed by atoms with Crippen LogP contribution in [0.4, 0.5) is 0 Å². The highest BCUT2D eigenvalue weighted by Crippen LogP contribution is 2.22. The van der Waals surface area contributed by atoms with Crippen molar-refractivity contribution in [2.45, 2.75) is 27.3 Å². The summed E-state index contributed by atoms with van der Waals surface area (Å²) in [7, 11) is 0. The average Bonchev–Trinajstić information content (AvgIpc) is 3.04. The highest BCUT2D eigenvalue weighted by molar-refractivity contribution is 7.16. The fraction of sp³-hybridized carbons (Fsp3) is 0.227. The van der Waals surface area contributed by atoms with Crippen LogP contribution in [0.5, 0.6) is 0 Å². The highest BCUT2D eigenvalue weighted by atomic mass is 32.1. The first-order chi connectivity index (χ1) is 14.5. The molecule has 0 saturated heterocycles. The number of thiazole rings is 1. The number of esters is 1. The third-order valence-corrected chi connectivity index (χ3v) is 5.80. The Bertz CT molecular complexity index is 1350. The molecule has 2 heterocycles. The molecule has 2 aromatic heterocycles. The average molecular weight is 420 g/mol. The van der Waals surface area contributed by atoms with E-state index in [0.29, 0.717) is 15.8 Å². The van der Waals surface area contributed by atoms with Crippen LogP contribution >= 0.6 is 11.3 Å². The maximum absolute atomic E-state index is 12.8. The van der Waals surface area contributed by atoms with Gasteiger partial charge in [0.1, 0.15) is 12.2 Å². The zero-order valence-corrected chi connectivity index (χ0v) is 17.7. The second-order valence-electron chi connectivity index (χ2n) is 6.84. The first-order valence-corrected chi connectivity index (χ1v) is 10.3. The van der Waals surface area contributed by atoms with Crippen molar-refractivity contribution in [3.05, 3.63) is 64.2 Å². The molecule has 1 amide bonds. The minimum absolute atomic E-state index is 0.0220. The highest BCUT2D eigenvalue weighted by Gasteiger charge is 2.15. The van der Waals surface area contributed by atoms with Crippen LogP contribution in [-0.2, 0) is 16.1 Å². The molecular weight excluding hydrogens is 400 g/mol. The molecule has 2 aromatic carbocycles. The van der Waals surface area contributed by atoms with E-state index in [0.717, 1.165) is 21.3 Å². The molecule has 4 rings (SSSR count). The minimum Gasteiger partial charge on any atom is -0.465 e. The summed E-state index contributed by atoms with van der Waals surface area (Å²) in [6.07, 6.45) is 1.42. The third kappa shape index (κ3) is 3.86. The van der Waals surface area contributed by atoms with E-state index in [4.69, 9.17) is 4.74 Å². The van der Waals surface area contributed by atoms with Gasteiger partial charge in [-0.15, -0.1) is 0 Å². The van der Waals surface area contributed by atoms with Gasteiger partial charge in [-0.25, -0.2) is 4.98 Å². The first kappa shape index (κ1) is 19.9. The van der Waals surface area contributed by atoms with Crippen LogP contribution in [0.3, 0.4) is 0 Å². The molecule has 0 radical (unpaired) electrons. The number of fused-ring (bicyclic) bond motifs is 2. The summed E-state index contributed by atoms with van der Waals surface area (Å²) in [5.41, 5.74) is 4.55. The molecule has 152 valence electrons. The van der Waals surface area contributed by atoms with Crippen molar-refractivity contribution in [2.75, 3.05) is 6.61 Å². The lowest BCUT2D eigenvalue weighted by Crippen LogP contribution is -2.23. The van der Waals surface area contributed by atoms with Crippen LogP contribution in [0.2, 0.25) is 0 Å². The summed E-state index contributed by atoms with van der Waals surface area (Å²) in [5, 5.41) is 0. The van der Waals surface area contributed by atoms with Crippen LogP contribution in [0, 0.1) is 13.8 Å². The van der Waals surface area contributed by atoms with Gasteiger partial charge in [0.2, 0.25) is 0 Å². The van der Waals surface area contributed by atoms with Gasteiger partial charge in [-0.3, -0.25) is 14.6 Å². The predicted molar refractivity (Wildman–Crippen MR) is 115 cm³/mol. The van der Waals surface area contributed by atoms with E-state index in [-0.39, 0.29) is 24.8 Å². The zero-order chi connectivity index (χ0) is 21.3. The lowest BCUT2D eigenvalue weighted by molar-refractivity contribution is -0.143. The van der Waals surface area contributed by atoms with Gasteiger partial charge in [-0.1, -0.05) is 23.5 Å². The Morgan fingerprint density at radius 1 is 1.13 bits per heavy atom. The largest absolute Gasteiger partial charge is 0.465 e. The topological polar surface area (TPSA) is 86.4 Å². The molecule has 30 heavy (non-hydrogen) atoms. The number of carbonyl (C=O) groups excluding carboxylic acids is 2. The van der Waals surface area contributed by atoms with Gasteiger partial charge in [0.25, 0.3) is 5.91 Å². The van der Waals surface area contributed by atoms with E-state index in [9.17, 15) is 9.59 Å². The summed E-state index contributed by atoms with van der Waals surface area (Å²) in [5.74, 6) is -0.888. The van der Waals surface area contributed by atoms with Gasteiger partial charge < -0.3 is 9.30 Å². The monoisotopic (exact) mass is 420 g/mol. The summed E-state index contributed by atoms with van der Waals surface area (Å²) in [6.45, 7) is 6.06. The second kappa shape index (κ2) is 8.16. The molecule has 0 unspecified atom stereocenters. The third-order valence-electron chi connectivity index (χ3n) is 4.76. The van der Waals surface area contributed by atoms with Gasteiger partial charge >= 0.3 is 5.97 Å². The second-order valence-corrected chi connectivity index (χ2v) is 7.85. The maximum Gasteiger partial charge on any atom is 0.326 e. The molecule has 0 N–H and O–H groups in total. The number of hydrogen-bond acceptors (Lipinski definition) is 6. The number of aryl methyl sites for hydroxylation is 2. The van der Waals surface area contributed by atoms with Gasteiger partial charge in [0.05, 0.1) is 34.1 Å². The Hall–Kier alpha value is -3.39. The SMILES string of the molecule is CCOC(=O)Cn1c(=NC(=O)c2cnc3ccccc3n2)sc2cc(C)c(C)cc21. The summed E-state index contributed by atoms with van der Waals surface area (Å²) in [4.78, 5) is 38.4. The number of amides is 1. The van der Waals surface area contributed by atoms with Crippen LogP contribution < -0.4 is 4.80 Å². The van der Waals surface area contributed by atoms with Crippen molar-refractivity contribution in [2.24, 2.45) is 4.99 Å². The number of aromatic nitrogens is 3. The van der Waals surface area contributed by atoms with Crippen LogP contribution in [0.1, 0.15) is 28.5 Å². The standard InChI is InChI=1S/C22H20N4O3S/c1-4-29-20(27)12-26-18-9-13(2)14(3)10-19(18)30-22(26)25-21(28)17-11-23-15-7-5-6-8-16(15)24-17/h5-11H,4,12H2,1-3H3. The Labute approximate surface area is 176 Å². The normalized spacial score (nSPS) is 11.9. The van der Waals surface area contributed by atoms with Crippen LogP contribution in [0.25, 0.3) is 21.3 Å². The Morgan fingerprint density at radius 2 is 1.87 bits per heavy atom. The maximum atomic E-state index is 12.8. The smallest absolute Gasteiger partial charge is 0.326 e. The van der Waals surface area contributed by atoms with E-state index in [1.807, 2.05) is 44.2 Å². The molecule has 0 aliphatic heterocycles. The predicted octanol–water partition coefficient (Wildman–Crippen LogP) is 3.57. The molecule has 0 atom stereocenters. The van der Waals surface area contributed by atoms with E-state index in [2.05, 4.69) is 15.0 Å². The Balaban J connectivity index is 1.83. The fourth-order valence-electron chi connectivity index (χ4n) is 3.10. The molecule has 0 fully saturated rings. The van der Waals surface area contributed by atoms with Crippen molar-refractivity contribution >= 4 is 44.5 Å². The molecule has 0 aliphatic rings. The van der Waals surface area contributed by atoms with E-state index < -0.39 is 5.91 Å². The Kier molecular flexibility index (Phi) is 5.41. The van der Waals surface area contributed by atoms with Crippen LogP contribution in [0.15, 0.2) is 47.6 Å².